The summed E-state index contributed by atoms with van der Waals surface area (Å²) < 4.78 is 2.12. The van der Waals surface area contributed by atoms with E-state index in [1.54, 1.807) is 0 Å². The van der Waals surface area contributed by atoms with Gasteiger partial charge in [-0.3, -0.25) is 9.58 Å². The van der Waals surface area contributed by atoms with Gasteiger partial charge in [-0.2, -0.15) is 5.10 Å². The highest BCUT2D eigenvalue weighted by molar-refractivity contribution is 6.17. The fraction of sp³-hybridized carbons (Fsp3) is 0.588. The minimum absolute atomic E-state index is 0.735. The molecule has 0 unspecified atom stereocenters. The number of alkyl halides is 1. The normalized spacial score (nSPS) is 15.8. The van der Waals surface area contributed by atoms with Crippen LogP contribution in [0.15, 0.2) is 24.3 Å². The molecule has 0 radical (unpaired) electrons. The Balaban J connectivity index is 1.84. The van der Waals surface area contributed by atoms with E-state index >= 15 is 0 Å². The number of rotatable bonds is 7. The number of aromatic nitrogens is 2. The zero-order chi connectivity index (χ0) is 14.7. The van der Waals surface area contributed by atoms with Crippen molar-refractivity contribution >= 4 is 22.5 Å². The number of fused-ring (bicyclic) bond motifs is 1. The smallest absolute Gasteiger partial charge is 0.0843 e. The molecule has 3 rings (SSSR count). The van der Waals surface area contributed by atoms with Gasteiger partial charge in [0.1, 0.15) is 0 Å². The van der Waals surface area contributed by atoms with Gasteiger partial charge in [0, 0.05) is 30.4 Å². The van der Waals surface area contributed by atoms with Crippen LogP contribution >= 0.6 is 11.6 Å². The third-order valence-electron chi connectivity index (χ3n) is 4.56. The second kappa shape index (κ2) is 6.80. The summed E-state index contributed by atoms with van der Waals surface area (Å²) in [6.45, 7) is 5.11. The summed E-state index contributed by atoms with van der Waals surface area (Å²) >= 11 is 5.89. The SMILES string of the molecule is CCn1nc(CN(CCCCl)C2CCC2)c2ccccc21. The van der Waals surface area contributed by atoms with Crippen LogP contribution in [0.5, 0.6) is 0 Å². The largest absolute Gasteiger partial charge is 0.294 e. The number of hydrogen-bond acceptors (Lipinski definition) is 2. The Kier molecular flexibility index (Phi) is 4.81. The van der Waals surface area contributed by atoms with Gasteiger partial charge in [-0.05, 0) is 38.8 Å². The molecule has 4 heteroatoms. The third kappa shape index (κ3) is 3.09. The van der Waals surface area contributed by atoms with Crippen molar-refractivity contribution < 1.29 is 0 Å². The molecule has 1 aliphatic rings. The van der Waals surface area contributed by atoms with Crippen molar-refractivity contribution in [2.24, 2.45) is 0 Å². The molecule has 0 atom stereocenters. The van der Waals surface area contributed by atoms with Crippen LogP contribution in [0.3, 0.4) is 0 Å². The highest BCUT2D eigenvalue weighted by Crippen LogP contribution is 2.28. The highest BCUT2D eigenvalue weighted by Gasteiger charge is 2.25. The fourth-order valence-corrected chi connectivity index (χ4v) is 3.27. The summed E-state index contributed by atoms with van der Waals surface area (Å²) in [6.07, 6.45) is 5.08. The van der Waals surface area contributed by atoms with Crippen LogP contribution in [0, 0.1) is 0 Å². The number of aryl methyl sites for hydroxylation is 1. The maximum absolute atomic E-state index is 5.89. The quantitative estimate of drug-likeness (QED) is 0.720. The third-order valence-corrected chi connectivity index (χ3v) is 4.82. The van der Waals surface area contributed by atoms with Crippen molar-refractivity contribution in [3.8, 4) is 0 Å². The lowest BCUT2D eigenvalue weighted by Gasteiger charge is -2.37. The standard InChI is InChI=1S/C17H24ClN3/c1-2-21-17-10-4-3-9-15(17)16(19-21)13-20(12-6-11-18)14-7-5-8-14/h3-4,9-10,14H,2,5-8,11-13H2,1H3. The van der Waals surface area contributed by atoms with Gasteiger partial charge >= 0.3 is 0 Å². The molecule has 0 spiro atoms. The summed E-state index contributed by atoms with van der Waals surface area (Å²) in [5.74, 6) is 0.743. The Morgan fingerprint density at radius 1 is 1.33 bits per heavy atom. The molecular formula is C17H24ClN3. The molecule has 1 fully saturated rings. The number of para-hydroxylation sites is 1. The van der Waals surface area contributed by atoms with E-state index in [4.69, 9.17) is 16.7 Å². The maximum atomic E-state index is 5.89. The van der Waals surface area contributed by atoms with E-state index in [0.29, 0.717) is 0 Å². The average Bonchev–Trinajstić information content (AvgIpc) is 2.81. The van der Waals surface area contributed by atoms with Gasteiger partial charge in [-0.15, -0.1) is 11.6 Å². The van der Waals surface area contributed by atoms with Gasteiger partial charge < -0.3 is 0 Å². The first-order chi connectivity index (χ1) is 10.3. The van der Waals surface area contributed by atoms with E-state index in [1.165, 1.54) is 35.9 Å². The van der Waals surface area contributed by atoms with Crippen molar-refractivity contribution in [3.63, 3.8) is 0 Å². The summed E-state index contributed by atoms with van der Waals surface area (Å²) in [5.41, 5.74) is 2.47. The van der Waals surface area contributed by atoms with E-state index < -0.39 is 0 Å². The van der Waals surface area contributed by atoms with Gasteiger partial charge in [0.25, 0.3) is 0 Å². The molecule has 1 aliphatic carbocycles. The highest BCUT2D eigenvalue weighted by atomic mass is 35.5. The van der Waals surface area contributed by atoms with Crippen LogP contribution in [0.1, 0.15) is 38.3 Å². The van der Waals surface area contributed by atoms with E-state index in [1.807, 2.05) is 0 Å². The molecule has 1 heterocycles. The molecule has 1 aromatic carbocycles. The van der Waals surface area contributed by atoms with Gasteiger partial charge in [0.2, 0.25) is 0 Å². The number of hydrogen-bond donors (Lipinski definition) is 0. The van der Waals surface area contributed by atoms with Crippen molar-refractivity contribution in [3.05, 3.63) is 30.0 Å². The van der Waals surface area contributed by atoms with Crippen molar-refractivity contribution in [2.45, 2.75) is 51.7 Å². The zero-order valence-electron chi connectivity index (χ0n) is 12.8. The molecule has 0 amide bonds. The van der Waals surface area contributed by atoms with Crippen LogP contribution < -0.4 is 0 Å². The summed E-state index contributed by atoms with van der Waals surface area (Å²) in [4.78, 5) is 2.58. The maximum Gasteiger partial charge on any atom is 0.0843 e. The second-order valence-electron chi connectivity index (χ2n) is 5.88. The first-order valence-electron chi connectivity index (χ1n) is 8.08. The van der Waals surface area contributed by atoms with E-state index in [9.17, 15) is 0 Å². The van der Waals surface area contributed by atoms with Gasteiger partial charge in [-0.25, -0.2) is 0 Å². The molecule has 2 aromatic rings. The Labute approximate surface area is 131 Å². The fourth-order valence-electron chi connectivity index (χ4n) is 3.15. The van der Waals surface area contributed by atoms with Crippen LogP contribution in [0.2, 0.25) is 0 Å². The first kappa shape index (κ1) is 14.9. The molecular weight excluding hydrogens is 282 g/mol. The van der Waals surface area contributed by atoms with E-state index in [0.717, 1.165) is 38.0 Å². The molecule has 3 nitrogen and oxygen atoms in total. The van der Waals surface area contributed by atoms with Gasteiger partial charge in [0.15, 0.2) is 0 Å². The minimum atomic E-state index is 0.735. The monoisotopic (exact) mass is 305 g/mol. The van der Waals surface area contributed by atoms with E-state index in [2.05, 4.69) is 40.8 Å². The lowest BCUT2D eigenvalue weighted by Crippen LogP contribution is -2.40. The minimum Gasteiger partial charge on any atom is -0.294 e. The lowest BCUT2D eigenvalue weighted by atomic mass is 9.91. The molecule has 0 bridgehead atoms. The summed E-state index contributed by atoms with van der Waals surface area (Å²) in [5, 5.41) is 6.14. The van der Waals surface area contributed by atoms with Crippen LogP contribution in [-0.4, -0.2) is 33.1 Å². The Bertz CT molecular complexity index is 589. The molecule has 0 saturated heterocycles. The number of benzene rings is 1. The Hall–Kier alpha value is -1.06. The predicted octanol–water partition coefficient (Wildman–Crippen LogP) is 4.04. The molecule has 1 aromatic heterocycles. The van der Waals surface area contributed by atoms with Gasteiger partial charge in [0.05, 0.1) is 11.2 Å². The molecule has 0 N–H and O–H groups in total. The Morgan fingerprint density at radius 2 is 2.14 bits per heavy atom. The van der Waals surface area contributed by atoms with Crippen molar-refractivity contribution in [1.29, 1.82) is 0 Å². The van der Waals surface area contributed by atoms with Crippen molar-refractivity contribution in [1.82, 2.24) is 14.7 Å². The molecule has 0 aliphatic heterocycles. The van der Waals surface area contributed by atoms with Crippen LogP contribution in [0.25, 0.3) is 10.9 Å². The van der Waals surface area contributed by atoms with E-state index in [-0.39, 0.29) is 0 Å². The average molecular weight is 306 g/mol. The number of halogens is 1. The number of nitrogens with zero attached hydrogens (tertiary/aromatic N) is 3. The summed E-state index contributed by atoms with van der Waals surface area (Å²) in [7, 11) is 0. The lowest BCUT2D eigenvalue weighted by molar-refractivity contribution is 0.118. The molecule has 114 valence electrons. The van der Waals surface area contributed by atoms with Crippen LogP contribution in [0.4, 0.5) is 0 Å². The topological polar surface area (TPSA) is 21.1 Å². The summed E-state index contributed by atoms with van der Waals surface area (Å²) in [6, 6.07) is 9.31. The zero-order valence-corrected chi connectivity index (χ0v) is 13.5. The van der Waals surface area contributed by atoms with Gasteiger partial charge in [-0.1, -0.05) is 24.6 Å². The molecule has 21 heavy (non-hydrogen) atoms. The first-order valence-corrected chi connectivity index (χ1v) is 8.61. The Morgan fingerprint density at radius 3 is 2.81 bits per heavy atom. The molecule has 1 saturated carbocycles. The second-order valence-corrected chi connectivity index (χ2v) is 6.26. The predicted molar refractivity (Wildman–Crippen MR) is 88.8 cm³/mol. The van der Waals surface area contributed by atoms with Crippen LogP contribution in [-0.2, 0) is 13.1 Å². The van der Waals surface area contributed by atoms with Crippen molar-refractivity contribution in [2.75, 3.05) is 12.4 Å².